The Hall–Kier alpha value is -8.99. The minimum Gasteiger partial charge on any atom is -0.309 e. The lowest BCUT2D eigenvalue weighted by molar-refractivity contribution is 0.769. The van der Waals surface area contributed by atoms with Crippen molar-refractivity contribution in [3.63, 3.8) is 0 Å². The van der Waals surface area contributed by atoms with Crippen molar-refractivity contribution in [2.45, 2.75) is 5.41 Å². The Morgan fingerprint density at radius 2 is 0.794 bits per heavy atom. The van der Waals surface area contributed by atoms with Crippen LogP contribution in [0.1, 0.15) is 22.3 Å². The number of hydrogen-bond donors (Lipinski definition) is 0. The average Bonchev–Trinajstić information content (AvgIpc) is 3.93. The van der Waals surface area contributed by atoms with Crippen LogP contribution in [0.25, 0.3) is 95.0 Å². The summed E-state index contributed by atoms with van der Waals surface area (Å²) in [7, 11) is 0. The summed E-state index contributed by atoms with van der Waals surface area (Å²) >= 11 is 0. The predicted octanol–water partition coefficient (Wildman–Crippen LogP) is 15.7. The number of para-hydroxylation sites is 2. The van der Waals surface area contributed by atoms with Crippen LogP contribution in [-0.4, -0.2) is 19.5 Å². The number of rotatable bonds is 8. The smallest absolute Gasteiger partial charge is 0.164 e. The second-order valence-electron chi connectivity index (χ2n) is 17.5. The van der Waals surface area contributed by atoms with Crippen LogP contribution in [0, 0.1) is 0 Å². The topological polar surface area (TPSA) is 43.6 Å². The Balaban J connectivity index is 1.09. The molecule has 2 heterocycles. The number of nitrogens with zero attached hydrogens (tertiary/aromatic N) is 4. The molecule has 0 fully saturated rings. The molecular weight excluding hydrogens is 825 g/mol. The highest BCUT2D eigenvalue weighted by molar-refractivity contribution is 6.21. The standard InChI is InChI=1S/C64H42N4/c1-6-21-43(22-7-1)44-37-39-46(40-38-44)62-65-61(45-23-8-2-9-24-45)66-63(67-62)48-26-20-25-47(41-48)54-42-56-59(60-58(54)53-34-17-19-36-57(53)68(60)51-31-14-5-15-32-51)52-33-16-18-35-55(52)64(56,49-27-10-3-11-28-49)50-29-12-4-13-30-50/h1-42H. The van der Waals surface area contributed by atoms with Gasteiger partial charge in [-0.15, -0.1) is 0 Å². The fourth-order valence-corrected chi connectivity index (χ4v) is 10.8. The molecule has 0 bridgehead atoms. The quantitative estimate of drug-likeness (QED) is 0.153. The summed E-state index contributed by atoms with van der Waals surface area (Å²) in [6.07, 6.45) is 0. The first-order valence-corrected chi connectivity index (χ1v) is 23.2. The van der Waals surface area contributed by atoms with Crippen LogP contribution in [0.4, 0.5) is 0 Å². The summed E-state index contributed by atoms with van der Waals surface area (Å²) in [6, 6.07) is 91.4. The molecule has 0 radical (unpaired) electrons. The van der Waals surface area contributed by atoms with Crippen LogP contribution in [-0.2, 0) is 5.41 Å². The largest absolute Gasteiger partial charge is 0.309 e. The molecule has 4 heteroatoms. The first-order valence-electron chi connectivity index (χ1n) is 23.2. The zero-order valence-corrected chi connectivity index (χ0v) is 37.0. The van der Waals surface area contributed by atoms with Crippen LogP contribution in [0.15, 0.2) is 255 Å². The zero-order valence-electron chi connectivity index (χ0n) is 37.0. The Bertz CT molecular complexity index is 3770. The van der Waals surface area contributed by atoms with E-state index in [2.05, 4.69) is 235 Å². The van der Waals surface area contributed by atoms with Gasteiger partial charge in [0.2, 0.25) is 0 Å². The van der Waals surface area contributed by atoms with Crippen molar-refractivity contribution >= 4 is 21.8 Å². The van der Waals surface area contributed by atoms with E-state index in [9.17, 15) is 0 Å². The monoisotopic (exact) mass is 866 g/mol. The summed E-state index contributed by atoms with van der Waals surface area (Å²) in [4.78, 5) is 15.6. The SMILES string of the molecule is c1ccc(-c2ccc(-c3nc(-c4ccccc4)nc(-c4cccc(-c5cc6c(c7c5c5ccccc5n7-c5ccccc5)-c5ccccc5C6(c5ccccc5)c5ccccc5)c4)n3)cc2)cc1. The number of fused-ring (bicyclic) bond motifs is 7. The maximum Gasteiger partial charge on any atom is 0.164 e. The third kappa shape index (κ3) is 6.26. The van der Waals surface area contributed by atoms with E-state index < -0.39 is 5.41 Å². The Labute approximate surface area is 395 Å². The van der Waals surface area contributed by atoms with Gasteiger partial charge in [-0.2, -0.15) is 0 Å². The molecule has 0 saturated heterocycles. The fraction of sp³-hybridized carbons (Fsp3) is 0.0156. The molecule has 13 rings (SSSR count). The van der Waals surface area contributed by atoms with E-state index >= 15 is 0 Å². The highest BCUT2D eigenvalue weighted by Crippen LogP contribution is 2.60. The number of aromatic nitrogens is 4. The molecule has 0 amide bonds. The van der Waals surface area contributed by atoms with Gasteiger partial charge in [-0.05, 0) is 80.4 Å². The lowest BCUT2D eigenvalue weighted by Gasteiger charge is -2.34. The van der Waals surface area contributed by atoms with Gasteiger partial charge in [-0.1, -0.05) is 224 Å². The van der Waals surface area contributed by atoms with E-state index in [1.807, 2.05) is 24.3 Å². The lowest BCUT2D eigenvalue weighted by Crippen LogP contribution is -2.28. The van der Waals surface area contributed by atoms with Crippen LogP contribution < -0.4 is 0 Å². The molecule has 0 spiro atoms. The Kier molecular flexibility index (Phi) is 9.36. The van der Waals surface area contributed by atoms with E-state index in [0.29, 0.717) is 17.5 Å². The summed E-state index contributed by atoms with van der Waals surface area (Å²) < 4.78 is 2.49. The minimum absolute atomic E-state index is 0.613. The molecule has 0 unspecified atom stereocenters. The Morgan fingerprint density at radius 1 is 0.324 bits per heavy atom. The van der Waals surface area contributed by atoms with E-state index in [1.54, 1.807) is 0 Å². The normalized spacial score (nSPS) is 12.5. The minimum atomic E-state index is -0.614. The predicted molar refractivity (Wildman–Crippen MR) is 279 cm³/mol. The third-order valence-electron chi connectivity index (χ3n) is 13.7. The van der Waals surface area contributed by atoms with Crippen LogP contribution in [0.2, 0.25) is 0 Å². The van der Waals surface area contributed by atoms with E-state index in [-0.39, 0.29) is 0 Å². The van der Waals surface area contributed by atoms with Gasteiger partial charge >= 0.3 is 0 Å². The van der Waals surface area contributed by atoms with Gasteiger partial charge in [0, 0.05) is 38.7 Å². The molecule has 318 valence electrons. The first kappa shape index (κ1) is 39.4. The molecule has 0 aliphatic heterocycles. The van der Waals surface area contributed by atoms with E-state index in [4.69, 9.17) is 15.0 Å². The molecule has 0 atom stereocenters. The molecule has 0 saturated carbocycles. The summed E-state index contributed by atoms with van der Waals surface area (Å²) in [5, 5.41) is 2.39. The van der Waals surface area contributed by atoms with Crippen molar-refractivity contribution in [3.05, 3.63) is 277 Å². The van der Waals surface area contributed by atoms with Gasteiger partial charge in [0.05, 0.1) is 16.4 Å². The maximum atomic E-state index is 5.25. The van der Waals surface area contributed by atoms with E-state index in [1.165, 1.54) is 55.2 Å². The summed E-state index contributed by atoms with van der Waals surface area (Å²) in [5.74, 6) is 1.86. The van der Waals surface area contributed by atoms with Gasteiger partial charge in [-0.3, -0.25) is 0 Å². The molecular formula is C64H42N4. The van der Waals surface area contributed by atoms with Gasteiger partial charge < -0.3 is 4.57 Å². The molecule has 2 aromatic heterocycles. The Morgan fingerprint density at radius 3 is 1.46 bits per heavy atom. The molecule has 0 N–H and O–H groups in total. The summed E-state index contributed by atoms with van der Waals surface area (Å²) in [5.41, 5.74) is 17.6. The highest BCUT2D eigenvalue weighted by atomic mass is 15.0. The van der Waals surface area contributed by atoms with Crippen molar-refractivity contribution in [1.29, 1.82) is 0 Å². The lowest BCUT2D eigenvalue weighted by atomic mass is 9.67. The third-order valence-corrected chi connectivity index (χ3v) is 13.7. The summed E-state index contributed by atoms with van der Waals surface area (Å²) in [6.45, 7) is 0. The maximum absolute atomic E-state index is 5.25. The molecule has 12 aromatic rings. The van der Waals surface area contributed by atoms with Gasteiger partial charge in [-0.25, -0.2) is 15.0 Å². The molecule has 4 nitrogen and oxygen atoms in total. The van der Waals surface area contributed by atoms with Crippen LogP contribution in [0.5, 0.6) is 0 Å². The zero-order chi connectivity index (χ0) is 45.0. The first-order chi connectivity index (χ1) is 33.7. The van der Waals surface area contributed by atoms with Crippen LogP contribution in [0.3, 0.4) is 0 Å². The van der Waals surface area contributed by atoms with Crippen molar-refractivity contribution in [1.82, 2.24) is 19.5 Å². The second kappa shape index (κ2) is 16.2. The molecule has 1 aliphatic carbocycles. The fourth-order valence-electron chi connectivity index (χ4n) is 10.8. The van der Waals surface area contributed by atoms with Crippen molar-refractivity contribution in [2.24, 2.45) is 0 Å². The number of hydrogen-bond acceptors (Lipinski definition) is 3. The van der Waals surface area contributed by atoms with E-state index in [0.717, 1.165) is 44.6 Å². The van der Waals surface area contributed by atoms with Crippen molar-refractivity contribution in [2.75, 3.05) is 0 Å². The van der Waals surface area contributed by atoms with Gasteiger partial charge in [0.1, 0.15) is 0 Å². The van der Waals surface area contributed by atoms with Gasteiger partial charge in [0.15, 0.2) is 17.5 Å². The average molecular weight is 867 g/mol. The molecule has 68 heavy (non-hydrogen) atoms. The van der Waals surface area contributed by atoms with Crippen LogP contribution >= 0.6 is 0 Å². The highest BCUT2D eigenvalue weighted by Gasteiger charge is 2.48. The molecule has 1 aliphatic rings. The van der Waals surface area contributed by atoms with Crippen molar-refractivity contribution < 1.29 is 0 Å². The number of benzene rings is 10. The second-order valence-corrected chi connectivity index (χ2v) is 17.5. The van der Waals surface area contributed by atoms with Gasteiger partial charge in [0.25, 0.3) is 0 Å². The van der Waals surface area contributed by atoms with Crippen molar-refractivity contribution in [3.8, 4) is 73.2 Å². The molecule has 10 aromatic carbocycles.